The number of hydrogen-bond acceptors (Lipinski definition) is 8. The van der Waals surface area contributed by atoms with Gasteiger partial charge in [-0.2, -0.15) is 12.7 Å². The zero-order chi connectivity index (χ0) is 29.4. The van der Waals surface area contributed by atoms with Crippen molar-refractivity contribution in [2.45, 2.75) is 30.7 Å². The van der Waals surface area contributed by atoms with E-state index in [4.69, 9.17) is 4.74 Å². The maximum absolute atomic E-state index is 15.7. The van der Waals surface area contributed by atoms with E-state index in [1.807, 2.05) is 19.0 Å². The largest absolute Gasteiger partial charge is 0.379 e. The minimum Gasteiger partial charge on any atom is -0.379 e. The number of halogens is 1. The molecule has 11 nitrogen and oxygen atoms in total. The van der Waals surface area contributed by atoms with E-state index in [2.05, 4.69) is 19.6 Å². The van der Waals surface area contributed by atoms with Crippen molar-refractivity contribution >= 4 is 44.2 Å². The number of nitrogens with one attached hydrogen (secondary N) is 1. The van der Waals surface area contributed by atoms with E-state index in [9.17, 15) is 13.2 Å². The highest BCUT2D eigenvalue weighted by Gasteiger charge is 2.54. The highest BCUT2D eigenvalue weighted by atomic mass is 32.2. The summed E-state index contributed by atoms with van der Waals surface area (Å²) in [5.41, 5.74) is 2.54. The van der Waals surface area contributed by atoms with Crippen molar-refractivity contribution in [2.24, 2.45) is 0 Å². The van der Waals surface area contributed by atoms with Crippen LogP contribution in [0.5, 0.6) is 0 Å². The first-order valence-electron chi connectivity index (χ1n) is 14.3. The fourth-order valence-electron chi connectivity index (χ4n) is 6.59. The van der Waals surface area contributed by atoms with Gasteiger partial charge in [0.2, 0.25) is 5.91 Å². The van der Waals surface area contributed by atoms with Gasteiger partial charge in [0.15, 0.2) is 5.82 Å². The minimum atomic E-state index is -3.90. The van der Waals surface area contributed by atoms with Gasteiger partial charge >= 0.3 is 10.2 Å². The van der Waals surface area contributed by atoms with Crippen molar-refractivity contribution in [3.63, 3.8) is 0 Å². The van der Waals surface area contributed by atoms with Crippen molar-refractivity contribution in [3.8, 4) is 11.1 Å². The normalized spacial score (nSPS) is 20.7. The van der Waals surface area contributed by atoms with Crippen molar-refractivity contribution in [3.05, 3.63) is 42.0 Å². The second kappa shape index (κ2) is 9.83. The summed E-state index contributed by atoms with van der Waals surface area (Å²) in [6.45, 7) is 2.52. The molecule has 3 aromatic rings. The third kappa shape index (κ3) is 4.16. The summed E-state index contributed by atoms with van der Waals surface area (Å²) in [5.74, 6) is 0.0573. The molecule has 1 amide bonds. The third-order valence-corrected chi connectivity index (χ3v) is 10.8. The maximum atomic E-state index is 15.7. The van der Waals surface area contributed by atoms with E-state index in [1.54, 1.807) is 36.5 Å². The first-order valence-corrected chi connectivity index (χ1v) is 15.7. The van der Waals surface area contributed by atoms with Crippen LogP contribution in [0.2, 0.25) is 0 Å². The lowest BCUT2D eigenvalue weighted by atomic mass is 9.64. The molecule has 0 atom stereocenters. The zero-order valence-electron chi connectivity index (χ0n) is 23.9. The number of anilines is 3. The molecular formula is C29H34FN7O4S. The number of morpholine rings is 1. The Hall–Kier alpha value is -3.39. The Morgan fingerprint density at radius 1 is 1.10 bits per heavy atom. The van der Waals surface area contributed by atoms with Gasteiger partial charge in [0, 0.05) is 73.6 Å². The summed E-state index contributed by atoms with van der Waals surface area (Å²) in [4.78, 5) is 28.2. The highest BCUT2D eigenvalue weighted by Crippen LogP contribution is 2.55. The highest BCUT2D eigenvalue weighted by molar-refractivity contribution is 7.90. The van der Waals surface area contributed by atoms with Crippen molar-refractivity contribution < 1.29 is 22.3 Å². The maximum Gasteiger partial charge on any atom is 0.301 e. The van der Waals surface area contributed by atoms with Crippen LogP contribution in [-0.2, 0) is 25.2 Å². The van der Waals surface area contributed by atoms with E-state index in [1.165, 1.54) is 10.4 Å². The Morgan fingerprint density at radius 3 is 2.50 bits per heavy atom. The van der Waals surface area contributed by atoms with Crippen molar-refractivity contribution in [2.75, 3.05) is 75.1 Å². The topological polar surface area (TPSA) is 111 Å². The fraction of sp³-hybridized carbons (Fsp3) is 0.483. The number of benzene rings is 1. The molecule has 5 heterocycles. The number of nitrogens with zero attached hydrogens (tertiary/aromatic N) is 6. The first kappa shape index (κ1) is 27.4. The van der Waals surface area contributed by atoms with Crippen LogP contribution in [0, 0.1) is 5.82 Å². The molecule has 7 rings (SSSR count). The van der Waals surface area contributed by atoms with E-state index in [0.717, 1.165) is 35.9 Å². The number of ether oxygens (including phenoxy) is 1. The number of carbonyl (C=O) groups is 1. The molecule has 4 aliphatic rings. The van der Waals surface area contributed by atoms with Crippen LogP contribution in [0.4, 0.5) is 21.6 Å². The molecule has 42 heavy (non-hydrogen) atoms. The standard InChI is InChI=1S/C29H34FN7O4S/c1-34(2)19-16-36(17-19)27-24(33-42(39,40)37-7-9-41-10-8-37)11-18(14-32-27)20-12-21-23(13-22(20)30)31-15-25-26(21)29(5-4-6-29)28(38)35(25)3/h11-15,19,33H,4-10,16-17H2,1-3H3. The first-order chi connectivity index (χ1) is 20.1. The SMILES string of the molecule is CN1C(=O)C2(CCC2)c2c1cnc1cc(F)c(-c3cnc(N4CC(N(C)C)C4)c(NS(=O)(=O)N4CCOCC4)c3)cc21. The number of rotatable bonds is 6. The van der Waals surface area contributed by atoms with Gasteiger partial charge in [-0.25, -0.2) is 9.37 Å². The number of aromatic nitrogens is 2. The summed E-state index contributed by atoms with van der Waals surface area (Å²) in [7, 11) is 1.88. The molecule has 1 spiro atoms. The average Bonchev–Trinajstić information content (AvgIpc) is 3.15. The predicted octanol–water partition coefficient (Wildman–Crippen LogP) is 2.57. The number of fused-ring (bicyclic) bond motifs is 4. The third-order valence-electron chi connectivity index (χ3n) is 9.32. The molecule has 13 heteroatoms. The second-order valence-electron chi connectivity index (χ2n) is 11.9. The molecule has 1 saturated carbocycles. The number of amides is 1. The Balaban J connectivity index is 1.33. The van der Waals surface area contributed by atoms with E-state index >= 15 is 4.39 Å². The van der Waals surface area contributed by atoms with Gasteiger partial charge in [0.1, 0.15) is 5.82 Å². The lowest BCUT2D eigenvalue weighted by Crippen LogP contribution is -2.58. The van der Waals surface area contributed by atoms with Crippen LogP contribution in [0.3, 0.4) is 0 Å². The fourth-order valence-corrected chi connectivity index (χ4v) is 7.78. The van der Waals surface area contributed by atoms with E-state index < -0.39 is 21.4 Å². The average molecular weight is 596 g/mol. The van der Waals surface area contributed by atoms with Gasteiger partial charge in [-0.05, 0) is 39.1 Å². The van der Waals surface area contributed by atoms with Crippen LogP contribution < -0.4 is 14.5 Å². The predicted molar refractivity (Wildman–Crippen MR) is 158 cm³/mol. The van der Waals surface area contributed by atoms with Crippen LogP contribution in [0.15, 0.2) is 30.6 Å². The van der Waals surface area contributed by atoms with Crippen molar-refractivity contribution in [1.82, 2.24) is 19.2 Å². The summed E-state index contributed by atoms with van der Waals surface area (Å²) in [5, 5.41) is 0.734. The number of carbonyl (C=O) groups excluding carboxylic acids is 1. The molecule has 1 aliphatic carbocycles. The smallest absolute Gasteiger partial charge is 0.301 e. The van der Waals surface area contributed by atoms with Crippen LogP contribution in [0.25, 0.3) is 22.0 Å². The summed E-state index contributed by atoms with van der Waals surface area (Å²) >= 11 is 0. The summed E-state index contributed by atoms with van der Waals surface area (Å²) in [6.07, 6.45) is 5.71. The van der Waals surface area contributed by atoms with Crippen LogP contribution in [-0.4, -0.2) is 100 Å². The molecule has 3 fully saturated rings. The molecule has 2 saturated heterocycles. The monoisotopic (exact) mass is 595 g/mol. The zero-order valence-corrected chi connectivity index (χ0v) is 24.7. The molecule has 0 unspecified atom stereocenters. The quantitative estimate of drug-likeness (QED) is 0.463. The van der Waals surface area contributed by atoms with Gasteiger partial charge in [-0.3, -0.25) is 14.5 Å². The number of pyridine rings is 2. The Bertz CT molecular complexity index is 1700. The van der Waals surface area contributed by atoms with E-state index in [0.29, 0.717) is 49.2 Å². The van der Waals surface area contributed by atoms with Gasteiger partial charge in [-0.15, -0.1) is 0 Å². The summed E-state index contributed by atoms with van der Waals surface area (Å²) < 4.78 is 51.9. The van der Waals surface area contributed by atoms with Crippen LogP contribution >= 0.6 is 0 Å². The molecule has 222 valence electrons. The number of likely N-dealkylation sites (N-methyl/N-ethyl adjacent to an activating group) is 2. The summed E-state index contributed by atoms with van der Waals surface area (Å²) in [6, 6.07) is 5.11. The van der Waals surface area contributed by atoms with Crippen LogP contribution in [0.1, 0.15) is 24.8 Å². The minimum absolute atomic E-state index is 0.0559. The van der Waals surface area contributed by atoms with Gasteiger partial charge in [0.25, 0.3) is 0 Å². The number of hydrogen-bond donors (Lipinski definition) is 1. The second-order valence-corrected chi connectivity index (χ2v) is 13.6. The Kier molecular flexibility index (Phi) is 6.42. The molecule has 0 radical (unpaired) electrons. The van der Waals surface area contributed by atoms with Gasteiger partial charge in [-0.1, -0.05) is 6.42 Å². The van der Waals surface area contributed by atoms with Gasteiger partial charge in [0.05, 0.1) is 41.7 Å². The van der Waals surface area contributed by atoms with E-state index in [-0.39, 0.29) is 30.2 Å². The Morgan fingerprint density at radius 2 is 1.83 bits per heavy atom. The Labute approximate surface area is 244 Å². The lowest BCUT2D eigenvalue weighted by Gasteiger charge is -2.44. The molecule has 1 N–H and O–H groups in total. The lowest BCUT2D eigenvalue weighted by molar-refractivity contribution is -0.125. The van der Waals surface area contributed by atoms with Gasteiger partial charge < -0.3 is 19.4 Å². The van der Waals surface area contributed by atoms with Crippen molar-refractivity contribution in [1.29, 1.82) is 0 Å². The molecular weight excluding hydrogens is 561 g/mol. The molecule has 2 aromatic heterocycles. The molecule has 0 bridgehead atoms. The molecule has 3 aliphatic heterocycles. The molecule has 1 aromatic carbocycles.